The van der Waals surface area contributed by atoms with Crippen molar-refractivity contribution in [3.8, 4) is 0 Å². The molecule has 1 atom stereocenters. The van der Waals surface area contributed by atoms with E-state index in [0.29, 0.717) is 0 Å². The number of nitrogens with two attached hydrogens (primary N) is 1. The highest BCUT2D eigenvalue weighted by atomic mass is 19.4. The second kappa shape index (κ2) is 5.92. The molecule has 0 saturated carbocycles. The fraction of sp³-hybridized carbons (Fsp3) is 0.667. The van der Waals surface area contributed by atoms with Gasteiger partial charge in [-0.2, -0.15) is 18.3 Å². The summed E-state index contributed by atoms with van der Waals surface area (Å²) in [5.74, 6) is 0. The minimum Gasteiger partial charge on any atom is -0.444 e. The van der Waals surface area contributed by atoms with Gasteiger partial charge in [-0.15, -0.1) is 0 Å². The van der Waals surface area contributed by atoms with E-state index in [1.807, 2.05) is 0 Å². The maximum atomic E-state index is 12.9. The van der Waals surface area contributed by atoms with E-state index >= 15 is 0 Å². The highest BCUT2D eigenvalue weighted by Crippen LogP contribution is 2.33. The van der Waals surface area contributed by atoms with Crippen LogP contribution in [0.2, 0.25) is 0 Å². The van der Waals surface area contributed by atoms with Crippen LogP contribution in [0.25, 0.3) is 0 Å². The molecule has 1 rings (SSSR count). The lowest BCUT2D eigenvalue weighted by molar-refractivity contribution is -0.142. The summed E-state index contributed by atoms with van der Waals surface area (Å²) in [5, 5.41) is 5.70. The van der Waals surface area contributed by atoms with Gasteiger partial charge in [0, 0.05) is 25.4 Å². The van der Waals surface area contributed by atoms with Crippen molar-refractivity contribution in [2.45, 2.75) is 38.6 Å². The maximum Gasteiger partial charge on any atom is 0.435 e. The van der Waals surface area contributed by atoms with Gasteiger partial charge in [-0.05, 0) is 20.8 Å². The Morgan fingerprint density at radius 2 is 2.05 bits per heavy atom. The van der Waals surface area contributed by atoms with Crippen LogP contribution in [-0.4, -0.2) is 28.0 Å². The summed E-state index contributed by atoms with van der Waals surface area (Å²) in [7, 11) is 1.36. The van der Waals surface area contributed by atoms with Gasteiger partial charge < -0.3 is 15.8 Å². The van der Waals surface area contributed by atoms with Crippen molar-refractivity contribution in [1.29, 1.82) is 0 Å². The average Bonchev–Trinajstić information content (AvgIpc) is 2.65. The van der Waals surface area contributed by atoms with E-state index in [9.17, 15) is 18.0 Å². The third-order valence-electron chi connectivity index (χ3n) is 2.43. The molecular weight excluding hydrogens is 289 g/mol. The van der Waals surface area contributed by atoms with Gasteiger partial charge in [0.1, 0.15) is 5.60 Å². The summed E-state index contributed by atoms with van der Waals surface area (Å²) in [6, 6.07) is -1.04. The molecule has 0 bridgehead atoms. The second-order valence-corrected chi connectivity index (χ2v) is 5.54. The highest BCUT2D eigenvalue weighted by molar-refractivity contribution is 5.68. The number of aryl methyl sites for hydroxylation is 1. The number of aromatic nitrogens is 2. The molecule has 0 aliphatic heterocycles. The molecule has 1 heterocycles. The Morgan fingerprint density at radius 1 is 1.48 bits per heavy atom. The molecule has 1 aromatic heterocycles. The van der Waals surface area contributed by atoms with E-state index in [4.69, 9.17) is 10.5 Å². The fourth-order valence-electron chi connectivity index (χ4n) is 1.70. The minimum absolute atomic E-state index is 0.196. The first-order valence-corrected chi connectivity index (χ1v) is 6.24. The molecule has 6 nitrogen and oxygen atoms in total. The van der Waals surface area contributed by atoms with Crippen LogP contribution in [0.15, 0.2) is 6.20 Å². The third-order valence-corrected chi connectivity index (χ3v) is 2.43. The molecule has 0 spiro atoms. The first-order chi connectivity index (χ1) is 9.44. The number of alkyl carbamates (subject to hydrolysis) is 1. The first-order valence-electron chi connectivity index (χ1n) is 6.24. The number of amides is 1. The van der Waals surface area contributed by atoms with Crippen LogP contribution in [-0.2, 0) is 18.0 Å². The SMILES string of the molecule is Cn1cc(C(CN)NC(=O)OC(C)(C)C)c(C(F)(F)F)n1. The van der Waals surface area contributed by atoms with Crippen molar-refractivity contribution in [2.75, 3.05) is 6.54 Å². The van der Waals surface area contributed by atoms with Crippen LogP contribution < -0.4 is 11.1 Å². The standard InChI is InChI=1S/C12H19F3N4O2/c1-11(2,3)21-10(20)17-8(5-16)7-6-19(4)18-9(7)12(13,14)15/h6,8H,5,16H2,1-4H3,(H,17,20). The van der Waals surface area contributed by atoms with Gasteiger partial charge in [0.25, 0.3) is 0 Å². The number of hydrogen-bond acceptors (Lipinski definition) is 4. The van der Waals surface area contributed by atoms with Crippen molar-refractivity contribution in [3.05, 3.63) is 17.5 Å². The molecule has 0 aliphatic rings. The van der Waals surface area contributed by atoms with Crippen molar-refractivity contribution in [1.82, 2.24) is 15.1 Å². The first kappa shape index (κ1) is 17.3. The van der Waals surface area contributed by atoms with Gasteiger partial charge in [-0.1, -0.05) is 0 Å². The Morgan fingerprint density at radius 3 is 2.48 bits per heavy atom. The summed E-state index contributed by atoms with van der Waals surface area (Å²) in [6.45, 7) is 4.73. The Labute approximate surface area is 120 Å². The van der Waals surface area contributed by atoms with Crippen LogP contribution >= 0.6 is 0 Å². The number of ether oxygens (including phenoxy) is 1. The van der Waals surface area contributed by atoms with E-state index in [1.165, 1.54) is 13.2 Å². The van der Waals surface area contributed by atoms with Crippen molar-refractivity contribution in [3.63, 3.8) is 0 Å². The third kappa shape index (κ3) is 4.92. The molecule has 0 aliphatic carbocycles. The van der Waals surface area contributed by atoms with Crippen LogP contribution in [0.5, 0.6) is 0 Å². The summed E-state index contributed by atoms with van der Waals surface area (Å²) < 4.78 is 44.8. The molecule has 1 unspecified atom stereocenters. The topological polar surface area (TPSA) is 82.2 Å². The number of halogens is 3. The van der Waals surface area contributed by atoms with Gasteiger partial charge in [0.2, 0.25) is 0 Å². The van der Waals surface area contributed by atoms with Gasteiger partial charge in [0.05, 0.1) is 6.04 Å². The van der Waals surface area contributed by atoms with Crippen LogP contribution in [0.3, 0.4) is 0 Å². The lowest BCUT2D eigenvalue weighted by atomic mass is 10.1. The predicted molar refractivity (Wildman–Crippen MR) is 69.4 cm³/mol. The van der Waals surface area contributed by atoms with Gasteiger partial charge in [0.15, 0.2) is 5.69 Å². The lowest BCUT2D eigenvalue weighted by Crippen LogP contribution is -2.38. The second-order valence-electron chi connectivity index (χ2n) is 5.54. The number of alkyl halides is 3. The van der Waals surface area contributed by atoms with E-state index in [2.05, 4.69) is 10.4 Å². The van der Waals surface area contributed by atoms with Gasteiger partial charge >= 0.3 is 12.3 Å². The number of carbonyl (C=O) groups excluding carboxylic acids is 1. The number of carbonyl (C=O) groups is 1. The normalized spacial score (nSPS) is 13.9. The summed E-state index contributed by atoms with van der Waals surface area (Å²) in [4.78, 5) is 11.7. The molecule has 0 saturated heterocycles. The van der Waals surface area contributed by atoms with Crippen molar-refractivity contribution < 1.29 is 22.7 Å². The van der Waals surface area contributed by atoms with Crippen molar-refractivity contribution in [2.24, 2.45) is 12.8 Å². The van der Waals surface area contributed by atoms with Crippen LogP contribution in [0.1, 0.15) is 38.1 Å². The monoisotopic (exact) mass is 308 g/mol. The molecule has 0 radical (unpaired) electrons. The number of hydrogen-bond donors (Lipinski definition) is 2. The lowest BCUT2D eigenvalue weighted by Gasteiger charge is -2.23. The Balaban J connectivity index is 2.99. The average molecular weight is 308 g/mol. The van der Waals surface area contributed by atoms with E-state index in [1.54, 1.807) is 20.8 Å². The van der Waals surface area contributed by atoms with Crippen molar-refractivity contribution >= 4 is 6.09 Å². The minimum atomic E-state index is -4.63. The molecular formula is C12H19F3N4O2. The molecule has 9 heteroatoms. The molecule has 1 aromatic rings. The Bertz CT molecular complexity index is 506. The maximum absolute atomic E-state index is 12.9. The van der Waals surface area contributed by atoms with Crippen LogP contribution in [0.4, 0.5) is 18.0 Å². The molecule has 1 amide bonds. The summed E-state index contributed by atoms with van der Waals surface area (Å²) in [5.41, 5.74) is 3.44. The molecule has 3 N–H and O–H groups in total. The highest BCUT2D eigenvalue weighted by Gasteiger charge is 2.39. The quantitative estimate of drug-likeness (QED) is 0.894. The fourth-order valence-corrected chi connectivity index (χ4v) is 1.70. The zero-order chi connectivity index (χ0) is 16.4. The predicted octanol–water partition coefficient (Wildman–Crippen LogP) is 1.96. The zero-order valence-corrected chi connectivity index (χ0v) is 12.3. The summed E-state index contributed by atoms with van der Waals surface area (Å²) >= 11 is 0. The van der Waals surface area contributed by atoms with E-state index in [-0.39, 0.29) is 12.1 Å². The molecule has 0 fully saturated rings. The van der Waals surface area contributed by atoms with E-state index in [0.717, 1.165) is 4.68 Å². The number of nitrogens with zero attached hydrogens (tertiary/aromatic N) is 2. The molecule has 21 heavy (non-hydrogen) atoms. The largest absolute Gasteiger partial charge is 0.444 e. The zero-order valence-electron chi connectivity index (χ0n) is 12.3. The summed E-state index contributed by atoms with van der Waals surface area (Å²) in [6.07, 6.45) is -4.29. The van der Waals surface area contributed by atoms with Gasteiger partial charge in [-0.25, -0.2) is 4.79 Å². The Kier molecular flexibility index (Phi) is 4.87. The number of rotatable bonds is 3. The smallest absolute Gasteiger partial charge is 0.435 e. The number of nitrogens with one attached hydrogen (secondary N) is 1. The van der Waals surface area contributed by atoms with Crippen LogP contribution in [0, 0.1) is 0 Å². The molecule has 120 valence electrons. The molecule has 0 aromatic carbocycles. The van der Waals surface area contributed by atoms with Gasteiger partial charge in [-0.3, -0.25) is 4.68 Å². The Hall–Kier alpha value is -1.77. The van der Waals surface area contributed by atoms with E-state index < -0.39 is 29.6 Å².